The van der Waals surface area contributed by atoms with E-state index in [9.17, 15) is 4.79 Å². The number of rotatable bonds is 3. The molecule has 0 bridgehead atoms. The summed E-state index contributed by atoms with van der Waals surface area (Å²) in [5.41, 5.74) is 0. The molecule has 0 radical (unpaired) electrons. The summed E-state index contributed by atoms with van der Waals surface area (Å²) in [7, 11) is 1.94. The third-order valence-corrected chi connectivity index (χ3v) is 2.95. The van der Waals surface area contributed by atoms with Gasteiger partial charge < -0.3 is 14.7 Å². The van der Waals surface area contributed by atoms with E-state index in [1.165, 1.54) is 12.6 Å². The van der Waals surface area contributed by atoms with Crippen molar-refractivity contribution in [2.75, 3.05) is 26.7 Å². The fraction of sp³-hybridized carbons (Fsp3) is 0.636. The Morgan fingerprint density at radius 1 is 1.75 bits per heavy atom. The molecule has 5 heteroatoms. The molecule has 16 heavy (non-hydrogen) atoms. The number of amides is 1. The van der Waals surface area contributed by atoms with E-state index >= 15 is 0 Å². The van der Waals surface area contributed by atoms with Crippen molar-refractivity contribution >= 4 is 5.91 Å². The lowest BCUT2D eigenvalue weighted by Crippen LogP contribution is -2.42. The average molecular weight is 223 g/mol. The van der Waals surface area contributed by atoms with Crippen LogP contribution in [0.4, 0.5) is 0 Å². The summed E-state index contributed by atoms with van der Waals surface area (Å²) in [5.74, 6) is 0.842. The van der Waals surface area contributed by atoms with Crippen LogP contribution in [0.15, 0.2) is 16.8 Å². The Morgan fingerprint density at radius 2 is 2.62 bits per heavy atom. The zero-order valence-corrected chi connectivity index (χ0v) is 9.48. The predicted molar refractivity (Wildman–Crippen MR) is 59.1 cm³/mol. The molecule has 0 spiro atoms. The molecule has 2 heterocycles. The van der Waals surface area contributed by atoms with E-state index in [0.29, 0.717) is 11.7 Å². The van der Waals surface area contributed by atoms with Crippen molar-refractivity contribution in [2.24, 2.45) is 5.92 Å². The molecule has 88 valence electrons. The fourth-order valence-corrected chi connectivity index (χ4v) is 2.19. The molecule has 5 nitrogen and oxygen atoms in total. The zero-order chi connectivity index (χ0) is 11.4. The molecule has 0 saturated carbocycles. The van der Waals surface area contributed by atoms with Gasteiger partial charge in [-0.15, -0.1) is 0 Å². The predicted octanol–water partition coefficient (Wildman–Crippen LogP) is 0.746. The summed E-state index contributed by atoms with van der Waals surface area (Å²) >= 11 is 0. The first-order valence-electron chi connectivity index (χ1n) is 5.66. The Balaban J connectivity index is 1.96. The Kier molecular flexibility index (Phi) is 3.56. The summed E-state index contributed by atoms with van der Waals surface area (Å²) in [5, 5.41) is 6.72. The van der Waals surface area contributed by atoms with E-state index in [4.69, 9.17) is 4.52 Å². The maximum absolute atomic E-state index is 12.0. The molecule has 1 aromatic heterocycles. The van der Waals surface area contributed by atoms with Gasteiger partial charge in [0.2, 0.25) is 5.76 Å². The first kappa shape index (κ1) is 11.1. The van der Waals surface area contributed by atoms with Crippen LogP contribution in [0.2, 0.25) is 0 Å². The largest absolute Gasteiger partial charge is 0.351 e. The zero-order valence-electron chi connectivity index (χ0n) is 9.48. The normalized spacial score (nSPS) is 21.1. The summed E-state index contributed by atoms with van der Waals surface area (Å²) in [6.07, 6.45) is 3.75. The molecular formula is C11H17N3O2. The van der Waals surface area contributed by atoms with Crippen LogP contribution in [-0.4, -0.2) is 42.6 Å². The van der Waals surface area contributed by atoms with Crippen molar-refractivity contribution < 1.29 is 9.32 Å². The number of hydrogen-bond acceptors (Lipinski definition) is 4. The highest BCUT2D eigenvalue weighted by atomic mass is 16.5. The van der Waals surface area contributed by atoms with E-state index in [2.05, 4.69) is 10.5 Å². The number of hydrogen-bond donors (Lipinski definition) is 1. The molecule has 1 fully saturated rings. The van der Waals surface area contributed by atoms with Crippen molar-refractivity contribution in [3.63, 3.8) is 0 Å². The maximum Gasteiger partial charge on any atom is 0.292 e. The van der Waals surface area contributed by atoms with Gasteiger partial charge in [-0.3, -0.25) is 4.79 Å². The summed E-state index contributed by atoms with van der Waals surface area (Å²) < 4.78 is 4.89. The smallest absolute Gasteiger partial charge is 0.292 e. The molecule has 1 saturated heterocycles. The Hall–Kier alpha value is -1.36. The van der Waals surface area contributed by atoms with Gasteiger partial charge >= 0.3 is 0 Å². The van der Waals surface area contributed by atoms with Gasteiger partial charge in [-0.05, 0) is 32.4 Å². The average Bonchev–Trinajstić information content (AvgIpc) is 2.82. The summed E-state index contributed by atoms with van der Waals surface area (Å²) in [4.78, 5) is 13.8. The molecule has 1 atom stereocenters. The van der Waals surface area contributed by atoms with Crippen molar-refractivity contribution in [3.8, 4) is 0 Å². The van der Waals surface area contributed by atoms with Gasteiger partial charge in [0, 0.05) is 19.2 Å². The van der Waals surface area contributed by atoms with Crippen molar-refractivity contribution in [1.82, 2.24) is 15.4 Å². The van der Waals surface area contributed by atoms with E-state index in [-0.39, 0.29) is 5.91 Å². The van der Waals surface area contributed by atoms with Crippen LogP contribution in [-0.2, 0) is 0 Å². The minimum atomic E-state index is -0.0432. The van der Waals surface area contributed by atoms with Gasteiger partial charge in [0.1, 0.15) is 0 Å². The second-order valence-corrected chi connectivity index (χ2v) is 4.19. The van der Waals surface area contributed by atoms with Gasteiger partial charge in [-0.1, -0.05) is 5.16 Å². The molecule has 2 rings (SSSR count). The van der Waals surface area contributed by atoms with E-state index in [1.54, 1.807) is 6.07 Å². The number of piperidine rings is 1. The number of carbonyl (C=O) groups is 1. The highest BCUT2D eigenvalue weighted by Crippen LogP contribution is 2.17. The third-order valence-electron chi connectivity index (χ3n) is 2.95. The quantitative estimate of drug-likeness (QED) is 0.821. The number of aromatic nitrogens is 1. The molecular weight excluding hydrogens is 206 g/mol. The van der Waals surface area contributed by atoms with Crippen LogP contribution in [0.1, 0.15) is 23.4 Å². The molecule has 0 aliphatic carbocycles. The van der Waals surface area contributed by atoms with Crippen molar-refractivity contribution in [2.45, 2.75) is 12.8 Å². The third kappa shape index (κ3) is 2.41. The van der Waals surface area contributed by atoms with E-state index in [1.807, 2.05) is 11.9 Å². The van der Waals surface area contributed by atoms with Crippen LogP contribution >= 0.6 is 0 Å². The lowest BCUT2D eigenvalue weighted by atomic mass is 9.98. The molecule has 1 unspecified atom stereocenters. The minimum Gasteiger partial charge on any atom is -0.351 e. The van der Waals surface area contributed by atoms with Gasteiger partial charge in [0.25, 0.3) is 5.91 Å². The molecule has 0 aromatic carbocycles. The Morgan fingerprint density at radius 3 is 3.31 bits per heavy atom. The van der Waals surface area contributed by atoms with Crippen molar-refractivity contribution in [3.05, 3.63) is 18.0 Å². The van der Waals surface area contributed by atoms with Gasteiger partial charge in [-0.25, -0.2) is 0 Å². The van der Waals surface area contributed by atoms with Crippen LogP contribution < -0.4 is 5.32 Å². The van der Waals surface area contributed by atoms with E-state index < -0.39 is 0 Å². The maximum atomic E-state index is 12.0. The molecule has 1 aromatic rings. The summed E-state index contributed by atoms with van der Waals surface area (Å²) in [6, 6.07) is 1.62. The van der Waals surface area contributed by atoms with Crippen LogP contribution in [0, 0.1) is 5.92 Å². The minimum absolute atomic E-state index is 0.0432. The van der Waals surface area contributed by atoms with Crippen LogP contribution in [0.3, 0.4) is 0 Å². The number of nitrogens with one attached hydrogen (secondary N) is 1. The lowest BCUT2D eigenvalue weighted by Gasteiger charge is -2.31. The highest BCUT2D eigenvalue weighted by molar-refractivity contribution is 5.91. The van der Waals surface area contributed by atoms with Gasteiger partial charge in [-0.2, -0.15) is 0 Å². The van der Waals surface area contributed by atoms with Crippen LogP contribution in [0.25, 0.3) is 0 Å². The van der Waals surface area contributed by atoms with Gasteiger partial charge in [0.05, 0.1) is 6.20 Å². The second-order valence-electron chi connectivity index (χ2n) is 4.19. The Bertz CT molecular complexity index is 335. The number of nitrogens with zero attached hydrogens (tertiary/aromatic N) is 2. The molecule has 1 amide bonds. The fourth-order valence-electron chi connectivity index (χ4n) is 2.19. The van der Waals surface area contributed by atoms with E-state index in [0.717, 1.165) is 26.1 Å². The topological polar surface area (TPSA) is 58.4 Å². The summed E-state index contributed by atoms with van der Waals surface area (Å²) in [6.45, 7) is 2.58. The van der Waals surface area contributed by atoms with Crippen molar-refractivity contribution in [1.29, 1.82) is 0 Å². The monoisotopic (exact) mass is 223 g/mol. The second kappa shape index (κ2) is 5.12. The first-order valence-corrected chi connectivity index (χ1v) is 5.66. The lowest BCUT2D eigenvalue weighted by molar-refractivity contribution is 0.0632. The van der Waals surface area contributed by atoms with Crippen LogP contribution in [0.5, 0.6) is 0 Å². The molecule has 1 N–H and O–H groups in total. The number of likely N-dealkylation sites (tertiary alicyclic amines) is 1. The molecule has 1 aliphatic rings. The number of carbonyl (C=O) groups excluding carboxylic acids is 1. The SMILES string of the molecule is CNCC1CCCN(C(=O)c2ccno2)C1. The Labute approximate surface area is 94.8 Å². The van der Waals surface area contributed by atoms with Gasteiger partial charge in [0.15, 0.2) is 0 Å². The standard InChI is InChI=1S/C11H17N3O2/c1-12-7-9-3-2-6-14(8-9)11(15)10-4-5-13-16-10/h4-5,9,12H,2-3,6-8H2,1H3. The highest BCUT2D eigenvalue weighted by Gasteiger charge is 2.25. The first-order chi connectivity index (χ1) is 7.81. The molecule has 1 aliphatic heterocycles.